The van der Waals surface area contributed by atoms with Crippen molar-refractivity contribution >= 4 is 35.3 Å². The van der Waals surface area contributed by atoms with Gasteiger partial charge in [0.1, 0.15) is 24.4 Å². The second-order valence-electron chi connectivity index (χ2n) is 11.8. The van der Waals surface area contributed by atoms with Gasteiger partial charge in [0.05, 0.1) is 17.6 Å². The Morgan fingerprint density at radius 1 is 0.769 bits per heavy atom. The molecule has 5 aromatic rings. The minimum Gasteiger partial charge on any atom is -0.467 e. The molecule has 0 spiro atoms. The van der Waals surface area contributed by atoms with Crippen LogP contribution in [0.2, 0.25) is 0 Å². The van der Waals surface area contributed by atoms with Crippen molar-refractivity contribution < 1.29 is 33.5 Å². The van der Waals surface area contributed by atoms with Crippen LogP contribution in [0, 0.1) is 10.1 Å². The van der Waals surface area contributed by atoms with Crippen molar-refractivity contribution in [2.24, 2.45) is 0 Å². The molecule has 5 rings (SSSR count). The van der Waals surface area contributed by atoms with Crippen LogP contribution in [-0.4, -0.2) is 47.8 Å². The van der Waals surface area contributed by atoms with E-state index in [9.17, 15) is 24.5 Å². The Bertz CT molecular complexity index is 1860. The zero-order valence-electron chi connectivity index (χ0n) is 28.7. The summed E-state index contributed by atoms with van der Waals surface area (Å²) in [5.41, 5.74) is 2.91. The number of esters is 2. The summed E-state index contributed by atoms with van der Waals surface area (Å²) < 4.78 is 17.3. The summed E-state index contributed by atoms with van der Waals surface area (Å²) in [6.45, 7) is 1.59. The number of hydrogen-bond donors (Lipinski definition) is 1. The average Bonchev–Trinajstić information content (AvgIpc) is 3.19. The van der Waals surface area contributed by atoms with Gasteiger partial charge >= 0.3 is 11.9 Å². The number of nitrogens with zero attached hydrogens (tertiary/aromatic N) is 1. The van der Waals surface area contributed by atoms with Gasteiger partial charge in [0.25, 0.3) is 5.69 Å². The lowest BCUT2D eigenvalue weighted by molar-refractivity contribution is -0.384. The fraction of sp³-hybridized carbons (Fsp3) is 0.195. The van der Waals surface area contributed by atoms with Gasteiger partial charge < -0.3 is 19.5 Å². The summed E-state index contributed by atoms with van der Waals surface area (Å²) in [7, 11) is 1.26. The molecule has 0 fully saturated rings. The van der Waals surface area contributed by atoms with Crippen molar-refractivity contribution in [2.75, 3.05) is 12.9 Å². The van der Waals surface area contributed by atoms with E-state index in [1.54, 1.807) is 31.2 Å². The molecule has 0 bridgehead atoms. The minimum atomic E-state index is -1.15. The third-order valence-electron chi connectivity index (χ3n) is 8.36. The predicted octanol–water partition coefficient (Wildman–Crippen LogP) is 7.24. The van der Waals surface area contributed by atoms with Gasteiger partial charge in [-0.05, 0) is 52.9 Å². The first-order valence-electron chi connectivity index (χ1n) is 16.5. The van der Waals surface area contributed by atoms with E-state index in [4.69, 9.17) is 14.2 Å². The zero-order valence-corrected chi connectivity index (χ0v) is 29.5. The van der Waals surface area contributed by atoms with Crippen molar-refractivity contribution in [1.29, 1.82) is 0 Å². The summed E-state index contributed by atoms with van der Waals surface area (Å²) in [5.74, 6) is -1.20. The molecule has 2 atom stereocenters. The lowest BCUT2D eigenvalue weighted by Gasteiger charge is -2.38. The van der Waals surface area contributed by atoms with Crippen LogP contribution in [0.5, 0.6) is 0 Å². The Kier molecular flexibility index (Phi) is 12.9. The van der Waals surface area contributed by atoms with Crippen molar-refractivity contribution in [3.8, 4) is 0 Å². The number of ether oxygens (including phenoxy) is 3. The molecule has 10 nitrogen and oxygen atoms in total. The number of hydrogen-bond acceptors (Lipinski definition) is 9. The minimum absolute atomic E-state index is 0.0551. The number of benzene rings is 5. The Morgan fingerprint density at radius 3 is 1.81 bits per heavy atom. The number of rotatable bonds is 16. The molecule has 0 aliphatic heterocycles. The first-order valence-corrected chi connectivity index (χ1v) is 17.7. The number of non-ortho nitro benzene ring substituents is 1. The predicted molar refractivity (Wildman–Crippen MR) is 199 cm³/mol. The molecule has 0 saturated heterocycles. The Balaban J connectivity index is 1.28. The van der Waals surface area contributed by atoms with Gasteiger partial charge in [-0.2, -0.15) is 11.8 Å². The van der Waals surface area contributed by atoms with E-state index in [0.717, 1.165) is 16.7 Å². The van der Waals surface area contributed by atoms with Crippen LogP contribution >= 0.6 is 11.8 Å². The topological polar surface area (TPSA) is 134 Å². The maximum atomic E-state index is 13.8. The molecule has 0 saturated carbocycles. The van der Waals surface area contributed by atoms with Crippen molar-refractivity contribution in [3.63, 3.8) is 0 Å². The van der Waals surface area contributed by atoms with E-state index in [2.05, 4.69) is 5.32 Å². The number of methoxy groups -OCH3 is 1. The summed E-state index contributed by atoms with van der Waals surface area (Å²) in [5, 5.41) is 13.8. The van der Waals surface area contributed by atoms with Crippen LogP contribution in [0.3, 0.4) is 0 Å². The zero-order chi connectivity index (χ0) is 36.9. The first kappa shape index (κ1) is 37.5. The molecule has 0 aliphatic rings. The van der Waals surface area contributed by atoms with Gasteiger partial charge in [-0.3, -0.25) is 14.9 Å². The van der Waals surface area contributed by atoms with Gasteiger partial charge in [0.2, 0.25) is 5.91 Å². The van der Waals surface area contributed by atoms with E-state index >= 15 is 0 Å². The Labute approximate surface area is 306 Å². The van der Waals surface area contributed by atoms with Gasteiger partial charge in [-0.1, -0.05) is 109 Å². The summed E-state index contributed by atoms with van der Waals surface area (Å²) in [6.07, 6.45) is -1.01. The molecular formula is C41H38N2O8S. The lowest BCUT2D eigenvalue weighted by Crippen LogP contribution is -2.49. The maximum Gasteiger partial charge on any atom is 0.338 e. The molecular weight excluding hydrogens is 681 g/mol. The molecule has 5 aromatic carbocycles. The van der Waals surface area contributed by atoms with Crippen LogP contribution in [0.15, 0.2) is 140 Å². The third-order valence-corrected chi connectivity index (χ3v) is 9.45. The normalized spacial score (nSPS) is 12.3. The average molecular weight is 719 g/mol. The highest BCUT2D eigenvalue weighted by atomic mass is 32.2. The third kappa shape index (κ3) is 9.11. The molecule has 1 N–H and O–H groups in total. The molecule has 266 valence electrons. The number of nitro groups is 1. The van der Waals surface area contributed by atoms with Crippen LogP contribution in [-0.2, 0) is 41.8 Å². The van der Waals surface area contributed by atoms with E-state index < -0.39 is 40.5 Å². The van der Waals surface area contributed by atoms with Crippen LogP contribution in [0.25, 0.3) is 0 Å². The highest BCUT2D eigenvalue weighted by molar-refractivity contribution is 7.98. The summed E-state index contributed by atoms with van der Waals surface area (Å²) >= 11 is 1.34. The summed E-state index contributed by atoms with van der Waals surface area (Å²) in [4.78, 5) is 50.2. The molecule has 11 heteroatoms. The van der Waals surface area contributed by atoms with Crippen molar-refractivity contribution in [1.82, 2.24) is 5.32 Å². The van der Waals surface area contributed by atoms with E-state index in [1.165, 1.54) is 43.1 Å². The Hall–Kier alpha value is -5.78. The lowest BCUT2D eigenvalue weighted by atomic mass is 9.80. The maximum absolute atomic E-state index is 13.8. The largest absolute Gasteiger partial charge is 0.467 e. The van der Waals surface area contributed by atoms with Crippen LogP contribution in [0.4, 0.5) is 5.69 Å². The molecule has 0 aliphatic carbocycles. The molecule has 0 radical (unpaired) electrons. The second kappa shape index (κ2) is 17.9. The SMILES string of the molecule is COC(=O)[C@H](CSCc1ccccc1C(=O)OCc1ccc([N+](=O)[O-])cc1)NC(=O)[C@H](C)OC(c1ccccc1)(c1ccccc1)c1ccccc1. The van der Waals surface area contributed by atoms with Gasteiger partial charge in [-0.25, -0.2) is 9.59 Å². The van der Waals surface area contributed by atoms with Crippen LogP contribution in [0.1, 0.15) is 45.1 Å². The molecule has 0 heterocycles. The second-order valence-corrected chi connectivity index (χ2v) is 12.8. The molecule has 1 amide bonds. The fourth-order valence-corrected chi connectivity index (χ4v) is 6.76. The standard InChI is InChI=1S/C41H38N2O8S/c1-29(51-41(32-15-6-3-7-16-32,33-17-8-4-9-18-33)34-19-10-5-11-20-34)38(44)42-37(40(46)49-2)28-52-27-31-14-12-13-21-36(31)39(45)50-26-30-22-24-35(25-23-30)43(47)48/h3-25,29,37H,26-28H2,1-2H3,(H,42,44)/t29-,37-/m0/s1. The molecule has 52 heavy (non-hydrogen) atoms. The smallest absolute Gasteiger partial charge is 0.338 e. The number of amides is 1. The Morgan fingerprint density at radius 2 is 1.29 bits per heavy atom. The fourth-order valence-electron chi connectivity index (χ4n) is 5.71. The van der Waals surface area contributed by atoms with Gasteiger partial charge in [0, 0.05) is 23.6 Å². The highest BCUT2D eigenvalue weighted by Gasteiger charge is 2.41. The van der Waals surface area contributed by atoms with E-state index in [0.29, 0.717) is 22.4 Å². The monoisotopic (exact) mass is 718 g/mol. The van der Waals surface area contributed by atoms with Gasteiger partial charge in [-0.15, -0.1) is 0 Å². The van der Waals surface area contributed by atoms with Gasteiger partial charge in [0.15, 0.2) is 0 Å². The first-order chi connectivity index (χ1) is 25.2. The number of nitrogens with one attached hydrogen (secondary N) is 1. The number of carbonyl (C=O) groups excluding carboxylic acids is 3. The molecule has 0 aromatic heterocycles. The quantitative estimate of drug-likeness (QED) is 0.0485. The highest BCUT2D eigenvalue weighted by Crippen LogP contribution is 2.41. The van der Waals surface area contributed by atoms with Crippen molar-refractivity contribution in [3.05, 3.63) is 183 Å². The van der Waals surface area contributed by atoms with Crippen molar-refractivity contribution in [2.45, 2.75) is 37.0 Å². The van der Waals surface area contributed by atoms with E-state index in [-0.39, 0.29) is 18.0 Å². The number of thioether (sulfide) groups is 1. The number of carbonyl (C=O) groups is 3. The van der Waals surface area contributed by atoms with E-state index in [1.807, 2.05) is 91.0 Å². The summed E-state index contributed by atoms with van der Waals surface area (Å²) in [6, 6.07) is 40.8. The molecule has 0 unspecified atom stereocenters. The van der Waals surface area contributed by atoms with Crippen LogP contribution < -0.4 is 5.32 Å². The number of nitro benzene ring substituents is 1.